The van der Waals surface area contributed by atoms with Gasteiger partial charge in [-0.25, -0.2) is 9.46 Å². The Kier molecular flexibility index (Phi) is 3.77. The van der Waals surface area contributed by atoms with Gasteiger partial charge in [0.25, 0.3) is 0 Å². The first-order valence-corrected chi connectivity index (χ1v) is 8.22. The maximum atomic E-state index is 13.8. The van der Waals surface area contributed by atoms with Gasteiger partial charge in [-0.15, -0.1) is 30.3 Å². The van der Waals surface area contributed by atoms with E-state index < -0.39 is 29.4 Å². The van der Waals surface area contributed by atoms with E-state index in [0.717, 1.165) is 7.11 Å². The fourth-order valence-corrected chi connectivity index (χ4v) is 6.68. The number of halogens is 5. The van der Waals surface area contributed by atoms with Gasteiger partial charge in [-0.3, -0.25) is 0 Å². The molecule has 0 spiro atoms. The molecular weight excluding hydrogens is 312 g/mol. The summed E-state index contributed by atoms with van der Waals surface area (Å²) in [6.07, 6.45) is -1.42. The van der Waals surface area contributed by atoms with E-state index in [2.05, 4.69) is 13.8 Å². The van der Waals surface area contributed by atoms with Crippen LogP contribution in [0.1, 0.15) is 0 Å². The number of ether oxygens (including phenoxy) is 1. The molecule has 1 heterocycles. The summed E-state index contributed by atoms with van der Waals surface area (Å²) in [5, 5.41) is 0. The lowest BCUT2D eigenvalue weighted by molar-refractivity contribution is 0.154. The van der Waals surface area contributed by atoms with Crippen LogP contribution in [0.2, 0.25) is 0 Å². The second kappa shape index (κ2) is 4.37. The van der Waals surface area contributed by atoms with Gasteiger partial charge in [-0.05, 0) is 0 Å². The Labute approximate surface area is 93.1 Å². The molecule has 0 bridgehead atoms. The zero-order valence-corrected chi connectivity index (χ0v) is 11.0. The van der Waals surface area contributed by atoms with Crippen LogP contribution < -0.4 is 0 Å². The molecule has 0 aromatic heterocycles. The van der Waals surface area contributed by atoms with Crippen molar-refractivity contribution in [1.82, 2.24) is 4.67 Å². The third-order valence-corrected chi connectivity index (χ3v) is 7.67. The molecule has 6 nitrogen and oxygen atoms in total. The lowest BCUT2D eigenvalue weighted by atomic mass is 11.1. The molecule has 1 unspecified atom stereocenters. The molecule has 14 heteroatoms. The average Bonchev–Trinajstić information content (AvgIpc) is 2.09. The van der Waals surface area contributed by atoms with Gasteiger partial charge in [0.2, 0.25) is 0 Å². The predicted molar refractivity (Wildman–Crippen MR) is 53.8 cm³/mol. The lowest BCUT2D eigenvalue weighted by Gasteiger charge is -2.23. The standard InChI is InChI=1S/C3H6F5N4O2P3/c1-12(3(13)14-2)17(8)10-15(4,5)9-16(6,7)11-17/h1-2H3. The highest BCUT2D eigenvalue weighted by Gasteiger charge is 2.43. The topological polar surface area (TPSA) is 66.6 Å². The van der Waals surface area contributed by atoms with Crippen LogP contribution in [0.4, 0.5) is 25.8 Å². The van der Waals surface area contributed by atoms with Crippen molar-refractivity contribution in [3.63, 3.8) is 0 Å². The fourth-order valence-electron chi connectivity index (χ4n) is 0.813. The van der Waals surface area contributed by atoms with E-state index in [0.29, 0.717) is 7.05 Å². The Morgan fingerprint density at radius 1 is 1.06 bits per heavy atom. The van der Waals surface area contributed by atoms with Crippen LogP contribution in [-0.2, 0) is 4.74 Å². The number of methoxy groups -OCH3 is 1. The minimum atomic E-state index is -5.80. The van der Waals surface area contributed by atoms with Crippen LogP contribution >= 0.6 is 23.3 Å². The summed E-state index contributed by atoms with van der Waals surface area (Å²) >= 11 is 0. The van der Waals surface area contributed by atoms with Crippen LogP contribution in [0.15, 0.2) is 13.5 Å². The number of nitrogens with zero attached hydrogens (tertiary/aromatic N) is 4. The fraction of sp³-hybridized carbons (Fsp3) is 0.667. The van der Waals surface area contributed by atoms with Crippen molar-refractivity contribution in [2.24, 2.45) is 13.5 Å². The van der Waals surface area contributed by atoms with Crippen LogP contribution in [-0.4, -0.2) is 24.9 Å². The molecule has 100 valence electrons. The monoisotopic (exact) mass is 318 g/mol. The van der Waals surface area contributed by atoms with Crippen LogP contribution in [0.3, 0.4) is 0 Å². The van der Waals surface area contributed by atoms with E-state index in [9.17, 15) is 25.8 Å². The molecule has 0 aromatic rings. The van der Waals surface area contributed by atoms with E-state index >= 15 is 0 Å². The highest BCUT2D eigenvalue weighted by atomic mass is 31.3. The van der Waals surface area contributed by atoms with Gasteiger partial charge >= 0.3 is 29.4 Å². The van der Waals surface area contributed by atoms with Crippen molar-refractivity contribution in [3.05, 3.63) is 0 Å². The summed E-state index contributed by atoms with van der Waals surface area (Å²) < 4.78 is 75.4. The highest BCUT2D eigenvalue weighted by molar-refractivity contribution is 7.78. The summed E-state index contributed by atoms with van der Waals surface area (Å²) in [7, 11) is -15.3. The van der Waals surface area contributed by atoms with Gasteiger partial charge in [0.05, 0.1) is 7.11 Å². The van der Waals surface area contributed by atoms with Crippen LogP contribution in [0.5, 0.6) is 0 Å². The van der Waals surface area contributed by atoms with Crippen LogP contribution in [0.25, 0.3) is 0 Å². The second-order valence-corrected chi connectivity index (χ2v) is 8.23. The molecule has 1 atom stereocenters. The first-order chi connectivity index (χ1) is 7.51. The molecule has 0 saturated heterocycles. The van der Waals surface area contributed by atoms with Crippen molar-refractivity contribution in [1.29, 1.82) is 0 Å². The SMILES string of the molecule is COC(=O)N(C)P1(F)=NP(F)(F)=NP(F)(F)=N1. The Hall–Kier alpha value is -0.390. The third-order valence-electron chi connectivity index (χ3n) is 1.48. The number of amides is 1. The van der Waals surface area contributed by atoms with Gasteiger partial charge in [0.15, 0.2) is 0 Å². The molecule has 0 N–H and O–H groups in total. The molecule has 0 radical (unpaired) electrons. The Morgan fingerprint density at radius 2 is 1.53 bits per heavy atom. The Balaban J connectivity index is 3.42. The Bertz CT molecular complexity index is 499. The van der Waals surface area contributed by atoms with Gasteiger partial charge in [0.1, 0.15) is 0 Å². The summed E-state index contributed by atoms with van der Waals surface area (Å²) in [4.78, 5) is 10.9. The summed E-state index contributed by atoms with van der Waals surface area (Å²) in [5.74, 6) is 0. The molecule has 0 aliphatic carbocycles. The minimum absolute atomic E-state index is 0.0799. The average molecular weight is 318 g/mol. The molecule has 1 rings (SSSR count). The van der Waals surface area contributed by atoms with E-state index in [1.54, 1.807) is 0 Å². The quantitative estimate of drug-likeness (QED) is 0.481. The van der Waals surface area contributed by atoms with Gasteiger partial charge < -0.3 is 4.74 Å². The summed E-state index contributed by atoms with van der Waals surface area (Å²) in [5.41, 5.74) is 0. The van der Waals surface area contributed by atoms with Crippen molar-refractivity contribution in [3.8, 4) is 0 Å². The van der Waals surface area contributed by atoms with E-state index in [4.69, 9.17) is 0 Å². The zero-order chi connectivity index (χ0) is 13.5. The van der Waals surface area contributed by atoms with Gasteiger partial charge in [0, 0.05) is 7.05 Å². The maximum Gasteiger partial charge on any atom is 0.424 e. The normalized spacial score (nSPS) is 29.4. The first kappa shape index (κ1) is 14.7. The van der Waals surface area contributed by atoms with Gasteiger partial charge in [-0.2, -0.15) is 4.20 Å². The summed E-state index contributed by atoms with van der Waals surface area (Å²) in [6.45, 7) is 0. The zero-order valence-electron chi connectivity index (χ0n) is 8.34. The Morgan fingerprint density at radius 3 is 1.94 bits per heavy atom. The molecule has 1 aliphatic heterocycles. The molecular formula is C3H6F5N4O2P3. The number of carbonyl (C=O) groups is 1. The largest absolute Gasteiger partial charge is 0.452 e. The molecule has 0 saturated carbocycles. The highest BCUT2D eigenvalue weighted by Crippen LogP contribution is 2.82. The van der Waals surface area contributed by atoms with Gasteiger partial charge in [-0.1, -0.05) is 0 Å². The molecule has 1 amide bonds. The molecule has 0 aromatic carbocycles. The van der Waals surface area contributed by atoms with E-state index in [-0.39, 0.29) is 4.67 Å². The number of hydrogen-bond donors (Lipinski definition) is 0. The lowest BCUT2D eigenvalue weighted by Crippen LogP contribution is -2.21. The first-order valence-electron chi connectivity index (χ1n) is 3.73. The molecule has 0 fully saturated rings. The third kappa shape index (κ3) is 3.30. The second-order valence-electron chi connectivity index (χ2n) is 2.67. The smallest absolute Gasteiger partial charge is 0.424 e. The number of rotatable bonds is 1. The van der Waals surface area contributed by atoms with Crippen molar-refractivity contribution in [2.45, 2.75) is 0 Å². The molecule has 17 heavy (non-hydrogen) atoms. The number of carbonyl (C=O) groups excluding carboxylic acids is 1. The number of hydrogen-bond acceptors (Lipinski definition) is 5. The van der Waals surface area contributed by atoms with E-state index in [1.165, 1.54) is 0 Å². The molecule has 1 aliphatic rings. The maximum absolute atomic E-state index is 13.8. The van der Waals surface area contributed by atoms with E-state index in [1.807, 2.05) is 4.52 Å². The van der Waals surface area contributed by atoms with Crippen molar-refractivity contribution in [2.75, 3.05) is 14.2 Å². The predicted octanol–water partition coefficient (Wildman–Crippen LogP) is 5.38. The summed E-state index contributed by atoms with van der Waals surface area (Å²) in [6, 6.07) is 0. The van der Waals surface area contributed by atoms with Crippen LogP contribution in [0, 0.1) is 0 Å². The van der Waals surface area contributed by atoms with Crippen molar-refractivity contribution >= 4 is 29.4 Å². The minimum Gasteiger partial charge on any atom is -0.452 e. The van der Waals surface area contributed by atoms with Crippen molar-refractivity contribution < 1.29 is 30.5 Å².